The molecule has 2 aliphatic heterocycles. The monoisotopic (exact) mass is 524 g/mol. The van der Waals surface area contributed by atoms with Gasteiger partial charge in [-0.25, -0.2) is 0 Å². The summed E-state index contributed by atoms with van der Waals surface area (Å²) in [7, 11) is 4.15. The van der Waals surface area contributed by atoms with Crippen molar-refractivity contribution in [1.82, 2.24) is 19.6 Å². The van der Waals surface area contributed by atoms with Crippen molar-refractivity contribution in [2.45, 2.75) is 24.3 Å². The third-order valence-electron chi connectivity index (χ3n) is 8.55. The summed E-state index contributed by atoms with van der Waals surface area (Å²) < 4.78 is 0. The Hall–Kier alpha value is -3.48. The Morgan fingerprint density at radius 3 is 1.69 bits per heavy atom. The second-order valence-electron chi connectivity index (χ2n) is 11.1. The summed E-state index contributed by atoms with van der Waals surface area (Å²) in [5, 5.41) is 0. The quantitative estimate of drug-likeness (QED) is 0.468. The Labute approximate surface area is 232 Å². The molecule has 6 nitrogen and oxygen atoms in total. The lowest BCUT2D eigenvalue weighted by Crippen LogP contribution is -2.58. The standard InChI is InChI=1S/C33H40N4O2/c1-34-20-18-33(19-21-34,29-16-10-5-11-17-29)32(39)37-24-22-36(23-25-37)30(38)26-35(2)31(27-12-6-3-7-13-27)28-14-8-4-9-15-28/h3-17,31H,18-26H2,1-2H3. The maximum Gasteiger partial charge on any atom is 0.236 e. The number of rotatable bonds is 7. The highest BCUT2D eigenvalue weighted by molar-refractivity contribution is 5.89. The van der Waals surface area contributed by atoms with Gasteiger partial charge in [0.2, 0.25) is 11.8 Å². The fourth-order valence-corrected chi connectivity index (χ4v) is 6.22. The van der Waals surface area contributed by atoms with Crippen LogP contribution in [-0.2, 0) is 15.0 Å². The summed E-state index contributed by atoms with van der Waals surface area (Å²) in [5.41, 5.74) is 2.98. The summed E-state index contributed by atoms with van der Waals surface area (Å²) in [5.74, 6) is 0.331. The first kappa shape index (κ1) is 27.1. The van der Waals surface area contributed by atoms with Gasteiger partial charge in [-0.1, -0.05) is 91.0 Å². The van der Waals surface area contributed by atoms with Crippen LogP contribution in [-0.4, -0.2) is 91.3 Å². The second-order valence-corrected chi connectivity index (χ2v) is 11.1. The number of benzene rings is 3. The van der Waals surface area contributed by atoms with Crippen molar-refractivity contribution in [1.29, 1.82) is 0 Å². The summed E-state index contributed by atoms with van der Waals surface area (Å²) in [6.07, 6.45) is 1.66. The highest BCUT2D eigenvalue weighted by Gasteiger charge is 2.45. The first-order valence-electron chi connectivity index (χ1n) is 14.1. The van der Waals surface area contributed by atoms with Gasteiger partial charge in [-0.2, -0.15) is 0 Å². The van der Waals surface area contributed by atoms with Crippen LogP contribution in [0.25, 0.3) is 0 Å². The van der Waals surface area contributed by atoms with Crippen LogP contribution in [0.5, 0.6) is 0 Å². The summed E-state index contributed by atoms with van der Waals surface area (Å²) >= 11 is 0. The molecule has 2 aliphatic rings. The molecule has 2 fully saturated rings. The van der Waals surface area contributed by atoms with E-state index >= 15 is 0 Å². The number of likely N-dealkylation sites (N-methyl/N-ethyl adjacent to an activating group) is 1. The summed E-state index contributed by atoms with van der Waals surface area (Å²) in [6.45, 7) is 4.46. The van der Waals surface area contributed by atoms with E-state index in [1.807, 2.05) is 71.4 Å². The number of nitrogens with zero attached hydrogens (tertiary/aromatic N) is 4. The Morgan fingerprint density at radius 1 is 0.718 bits per heavy atom. The molecule has 2 saturated heterocycles. The lowest BCUT2D eigenvalue weighted by Gasteiger charge is -2.45. The topological polar surface area (TPSA) is 47.1 Å². The molecule has 0 aliphatic carbocycles. The SMILES string of the molecule is CN1CCC(C(=O)N2CCN(C(=O)CN(C)C(c3ccccc3)c3ccccc3)CC2)(c2ccccc2)CC1. The molecule has 0 spiro atoms. The highest BCUT2D eigenvalue weighted by Crippen LogP contribution is 2.37. The molecule has 0 saturated carbocycles. The Kier molecular flexibility index (Phi) is 8.44. The van der Waals surface area contributed by atoms with Gasteiger partial charge in [0, 0.05) is 26.2 Å². The molecule has 2 amide bonds. The van der Waals surface area contributed by atoms with Crippen LogP contribution in [0.1, 0.15) is 35.6 Å². The van der Waals surface area contributed by atoms with Gasteiger partial charge >= 0.3 is 0 Å². The van der Waals surface area contributed by atoms with Crippen LogP contribution in [0.4, 0.5) is 0 Å². The Morgan fingerprint density at radius 2 is 1.18 bits per heavy atom. The van der Waals surface area contributed by atoms with E-state index in [-0.39, 0.29) is 17.9 Å². The molecule has 0 unspecified atom stereocenters. The fourth-order valence-electron chi connectivity index (χ4n) is 6.22. The average Bonchev–Trinajstić information content (AvgIpc) is 2.99. The van der Waals surface area contributed by atoms with Crippen LogP contribution in [0.15, 0.2) is 91.0 Å². The number of hydrogen-bond acceptors (Lipinski definition) is 4. The highest BCUT2D eigenvalue weighted by atomic mass is 16.2. The van der Waals surface area contributed by atoms with E-state index in [9.17, 15) is 9.59 Å². The first-order chi connectivity index (χ1) is 19.0. The zero-order valence-electron chi connectivity index (χ0n) is 23.2. The smallest absolute Gasteiger partial charge is 0.236 e. The summed E-state index contributed by atoms with van der Waals surface area (Å²) in [4.78, 5) is 35.9. The molecule has 6 heteroatoms. The van der Waals surface area contributed by atoms with Crippen LogP contribution < -0.4 is 0 Å². The molecule has 3 aromatic rings. The molecular formula is C33H40N4O2. The van der Waals surface area contributed by atoms with Crippen molar-refractivity contribution in [3.05, 3.63) is 108 Å². The fraction of sp³-hybridized carbons (Fsp3) is 0.394. The molecule has 0 N–H and O–H groups in total. The molecule has 0 bridgehead atoms. The van der Waals surface area contributed by atoms with E-state index in [1.165, 1.54) is 11.1 Å². The van der Waals surface area contributed by atoms with Crippen molar-refractivity contribution in [2.24, 2.45) is 0 Å². The third-order valence-corrected chi connectivity index (χ3v) is 8.55. The first-order valence-corrected chi connectivity index (χ1v) is 14.1. The number of carbonyl (C=O) groups is 2. The van der Waals surface area contributed by atoms with E-state index in [1.54, 1.807) is 0 Å². The zero-order chi connectivity index (χ0) is 27.2. The number of likely N-dealkylation sites (tertiary alicyclic amines) is 1. The van der Waals surface area contributed by atoms with E-state index in [0.29, 0.717) is 32.7 Å². The minimum Gasteiger partial charge on any atom is -0.338 e. The molecule has 0 radical (unpaired) electrons. The van der Waals surface area contributed by atoms with Crippen molar-refractivity contribution in [3.8, 4) is 0 Å². The summed E-state index contributed by atoms with van der Waals surface area (Å²) in [6, 6.07) is 31.0. The third kappa shape index (κ3) is 5.92. The molecule has 0 atom stereocenters. The minimum absolute atomic E-state index is 0.00520. The van der Waals surface area contributed by atoms with Gasteiger partial charge in [0.15, 0.2) is 0 Å². The van der Waals surface area contributed by atoms with Crippen molar-refractivity contribution >= 4 is 11.8 Å². The van der Waals surface area contributed by atoms with Gasteiger partial charge < -0.3 is 14.7 Å². The molecular weight excluding hydrogens is 484 g/mol. The van der Waals surface area contributed by atoms with Gasteiger partial charge in [-0.3, -0.25) is 14.5 Å². The van der Waals surface area contributed by atoms with Crippen molar-refractivity contribution in [2.75, 3.05) is 59.9 Å². The van der Waals surface area contributed by atoms with E-state index < -0.39 is 5.41 Å². The van der Waals surface area contributed by atoms with Gasteiger partial charge in [-0.05, 0) is 56.7 Å². The largest absolute Gasteiger partial charge is 0.338 e. The lowest BCUT2D eigenvalue weighted by atomic mass is 9.71. The van der Waals surface area contributed by atoms with Crippen molar-refractivity contribution in [3.63, 3.8) is 0 Å². The molecule has 204 valence electrons. The van der Waals surface area contributed by atoms with E-state index in [4.69, 9.17) is 0 Å². The normalized spacial score (nSPS) is 17.9. The molecule has 0 aromatic heterocycles. The number of carbonyl (C=O) groups excluding carboxylic acids is 2. The molecule has 5 rings (SSSR count). The number of piperazine rings is 1. The Bertz CT molecular complexity index is 1180. The van der Waals surface area contributed by atoms with Crippen LogP contribution in [0.3, 0.4) is 0 Å². The number of amides is 2. The van der Waals surface area contributed by atoms with Gasteiger partial charge in [0.25, 0.3) is 0 Å². The second kappa shape index (κ2) is 12.1. The zero-order valence-corrected chi connectivity index (χ0v) is 23.2. The van der Waals surface area contributed by atoms with E-state index in [0.717, 1.165) is 31.5 Å². The number of piperidine rings is 1. The molecule has 39 heavy (non-hydrogen) atoms. The van der Waals surface area contributed by atoms with Crippen LogP contribution >= 0.6 is 0 Å². The minimum atomic E-state index is -0.473. The maximum atomic E-state index is 14.0. The Balaban J connectivity index is 1.24. The number of hydrogen-bond donors (Lipinski definition) is 0. The predicted octanol–water partition coefficient (Wildman–Crippen LogP) is 4.04. The van der Waals surface area contributed by atoms with Crippen molar-refractivity contribution < 1.29 is 9.59 Å². The molecule has 3 aromatic carbocycles. The van der Waals surface area contributed by atoms with Gasteiger partial charge in [0.05, 0.1) is 18.0 Å². The van der Waals surface area contributed by atoms with Crippen LogP contribution in [0, 0.1) is 0 Å². The maximum absolute atomic E-state index is 14.0. The van der Waals surface area contributed by atoms with E-state index in [2.05, 4.69) is 53.2 Å². The van der Waals surface area contributed by atoms with Gasteiger partial charge in [0.1, 0.15) is 0 Å². The lowest BCUT2D eigenvalue weighted by molar-refractivity contribution is -0.145. The average molecular weight is 525 g/mol. The molecule has 2 heterocycles. The predicted molar refractivity (Wildman–Crippen MR) is 155 cm³/mol. The van der Waals surface area contributed by atoms with Crippen LogP contribution in [0.2, 0.25) is 0 Å². The van der Waals surface area contributed by atoms with Gasteiger partial charge in [-0.15, -0.1) is 0 Å².